The van der Waals surface area contributed by atoms with E-state index < -0.39 is 11.9 Å². The Kier molecular flexibility index (Phi) is 4.91. The second-order valence-corrected chi connectivity index (χ2v) is 5.48. The van der Waals surface area contributed by atoms with E-state index in [1.54, 1.807) is 11.9 Å². The van der Waals surface area contributed by atoms with Crippen LogP contribution in [0.3, 0.4) is 0 Å². The molecule has 0 bridgehead atoms. The van der Waals surface area contributed by atoms with Crippen LogP contribution in [0.25, 0.3) is 0 Å². The molecule has 1 aromatic heterocycles. The third-order valence-electron chi connectivity index (χ3n) is 4.04. The molecular weight excluding hydrogens is 293 g/mol. The molecule has 1 unspecified atom stereocenters. The van der Waals surface area contributed by atoms with Crippen molar-refractivity contribution in [3.63, 3.8) is 0 Å². The van der Waals surface area contributed by atoms with Crippen LogP contribution in [-0.4, -0.2) is 42.6 Å². The van der Waals surface area contributed by atoms with Crippen molar-refractivity contribution in [3.05, 3.63) is 23.4 Å². The summed E-state index contributed by atoms with van der Waals surface area (Å²) in [6.45, 7) is 4.56. The summed E-state index contributed by atoms with van der Waals surface area (Å²) < 4.78 is 38.4. The van der Waals surface area contributed by atoms with Gasteiger partial charge in [0.25, 0.3) is 0 Å². The number of anilines is 1. The number of nitrogens with zero attached hydrogens (tertiary/aromatic N) is 4. The predicted molar refractivity (Wildman–Crippen MR) is 77.5 cm³/mol. The summed E-state index contributed by atoms with van der Waals surface area (Å²) >= 11 is 0. The number of hydrogen-bond acceptors (Lipinski definition) is 4. The molecule has 1 saturated heterocycles. The second-order valence-electron chi connectivity index (χ2n) is 5.48. The molecule has 0 saturated carbocycles. The van der Waals surface area contributed by atoms with Gasteiger partial charge in [0.2, 0.25) is 0 Å². The number of alkyl halides is 3. The molecule has 22 heavy (non-hydrogen) atoms. The largest absolute Gasteiger partial charge is 0.433 e. The van der Waals surface area contributed by atoms with E-state index >= 15 is 0 Å². The zero-order chi connectivity index (χ0) is 16.3. The van der Waals surface area contributed by atoms with Crippen LogP contribution in [0.5, 0.6) is 0 Å². The van der Waals surface area contributed by atoms with E-state index in [0.29, 0.717) is 6.54 Å². The van der Waals surface area contributed by atoms with Crippen molar-refractivity contribution in [2.75, 3.05) is 31.6 Å². The first-order chi connectivity index (χ1) is 10.4. The summed E-state index contributed by atoms with van der Waals surface area (Å²) in [5, 5.41) is 9.11. The van der Waals surface area contributed by atoms with E-state index in [9.17, 15) is 13.2 Å². The smallest absolute Gasteiger partial charge is 0.357 e. The van der Waals surface area contributed by atoms with E-state index in [4.69, 9.17) is 5.26 Å². The monoisotopic (exact) mass is 312 g/mol. The number of halogens is 3. The maximum atomic E-state index is 12.8. The van der Waals surface area contributed by atoms with Crippen molar-refractivity contribution in [3.8, 4) is 6.07 Å². The molecule has 1 aliphatic rings. The molecule has 0 radical (unpaired) electrons. The number of likely N-dealkylation sites (N-methyl/N-ethyl adjacent to an activating group) is 2. The highest BCUT2D eigenvalue weighted by molar-refractivity contribution is 5.54. The Morgan fingerprint density at radius 2 is 2.18 bits per heavy atom. The number of hydrogen-bond donors (Lipinski definition) is 0. The van der Waals surface area contributed by atoms with Gasteiger partial charge >= 0.3 is 6.18 Å². The van der Waals surface area contributed by atoms with Crippen molar-refractivity contribution < 1.29 is 13.2 Å². The number of pyridine rings is 1. The van der Waals surface area contributed by atoms with Gasteiger partial charge in [0, 0.05) is 19.6 Å². The summed E-state index contributed by atoms with van der Waals surface area (Å²) in [5.74, 6) is 0.0975. The Morgan fingerprint density at radius 3 is 2.77 bits per heavy atom. The van der Waals surface area contributed by atoms with Gasteiger partial charge in [-0.05, 0) is 38.1 Å². The highest BCUT2D eigenvalue weighted by Crippen LogP contribution is 2.30. The van der Waals surface area contributed by atoms with Crippen molar-refractivity contribution in [2.45, 2.75) is 32.0 Å². The Bertz CT molecular complexity index is 565. The molecule has 2 rings (SSSR count). The van der Waals surface area contributed by atoms with E-state index in [2.05, 4.69) is 16.8 Å². The molecule has 1 fully saturated rings. The van der Waals surface area contributed by atoms with Gasteiger partial charge in [-0.25, -0.2) is 4.98 Å². The number of likely N-dealkylation sites (tertiary alicyclic amines) is 1. The van der Waals surface area contributed by atoms with Crippen LogP contribution in [0.15, 0.2) is 12.1 Å². The maximum absolute atomic E-state index is 12.8. The normalized spacial score (nSPS) is 19.2. The van der Waals surface area contributed by atoms with Crippen LogP contribution in [0.2, 0.25) is 0 Å². The average Bonchev–Trinajstić information content (AvgIpc) is 2.92. The molecule has 0 aromatic carbocycles. The minimum atomic E-state index is -4.51. The lowest BCUT2D eigenvalue weighted by Gasteiger charge is -2.29. The van der Waals surface area contributed by atoms with Crippen LogP contribution >= 0.6 is 0 Å². The zero-order valence-corrected chi connectivity index (χ0v) is 12.7. The lowest BCUT2D eigenvalue weighted by Crippen LogP contribution is -2.39. The fraction of sp³-hybridized carbons (Fsp3) is 0.600. The quantitative estimate of drug-likeness (QED) is 0.857. The zero-order valence-electron chi connectivity index (χ0n) is 12.7. The summed E-state index contributed by atoms with van der Waals surface area (Å²) in [6.07, 6.45) is -2.40. The van der Waals surface area contributed by atoms with Crippen LogP contribution in [0.1, 0.15) is 31.0 Å². The molecule has 0 aliphatic carbocycles. The molecule has 0 spiro atoms. The molecule has 1 aromatic rings. The first kappa shape index (κ1) is 16.6. The highest BCUT2D eigenvalue weighted by atomic mass is 19.4. The van der Waals surface area contributed by atoms with E-state index in [1.165, 1.54) is 6.07 Å². The Hall–Kier alpha value is -1.81. The molecule has 2 heterocycles. The van der Waals surface area contributed by atoms with Crippen LogP contribution < -0.4 is 4.90 Å². The fourth-order valence-corrected chi connectivity index (χ4v) is 2.91. The molecule has 4 nitrogen and oxygen atoms in total. The summed E-state index contributed by atoms with van der Waals surface area (Å²) in [5.41, 5.74) is -0.802. The van der Waals surface area contributed by atoms with Crippen LogP contribution in [0, 0.1) is 11.3 Å². The van der Waals surface area contributed by atoms with Crippen LogP contribution in [0.4, 0.5) is 19.0 Å². The number of aromatic nitrogens is 1. The Labute approximate surface area is 128 Å². The van der Waals surface area contributed by atoms with E-state index in [0.717, 1.165) is 32.0 Å². The Morgan fingerprint density at radius 1 is 1.45 bits per heavy atom. The summed E-state index contributed by atoms with van der Waals surface area (Å²) in [6, 6.07) is 4.25. The van der Waals surface area contributed by atoms with Gasteiger partial charge in [-0.1, -0.05) is 6.92 Å². The van der Waals surface area contributed by atoms with Crippen molar-refractivity contribution >= 4 is 5.82 Å². The highest BCUT2D eigenvalue weighted by Gasteiger charge is 2.34. The van der Waals surface area contributed by atoms with Gasteiger partial charge in [0.1, 0.15) is 17.6 Å². The van der Waals surface area contributed by atoms with Crippen LogP contribution in [-0.2, 0) is 6.18 Å². The van der Waals surface area contributed by atoms with E-state index in [1.807, 2.05) is 6.07 Å². The third-order valence-corrected chi connectivity index (χ3v) is 4.04. The summed E-state index contributed by atoms with van der Waals surface area (Å²) in [7, 11) is 1.69. The maximum Gasteiger partial charge on any atom is 0.433 e. The molecule has 1 atom stereocenters. The summed E-state index contributed by atoms with van der Waals surface area (Å²) in [4.78, 5) is 7.63. The van der Waals surface area contributed by atoms with Crippen molar-refractivity contribution in [2.24, 2.45) is 0 Å². The van der Waals surface area contributed by atoms with Gasteiger partial charge in [-0.15, -0.1) is 0 Å². The standard InChI is InChI=1S/C15H19F3N4/c1-3-22-8-4-5-12(22)10-21(2)14-11(9-19)6-7-13(20-14)15(16,17)18/h6-7,12H,3-5,8,10H2,1-2H3. The second kappa shape index (κ2) is 6.53. The van der Waals surface area contributed by atoms with Gasteiger partial charge in [0.15, 0.2) is 0 Å². The average molecular weight is 312 g/mol. The number of nitriles is 1. The lowest BCUT2D eigenvalue weighted by atomic mass is 10.2. The van der Waals surface area contributed by atoms with Crippen molar-refractivity contribution in [1.29, 1.82) is 5.26 Å². The van der Waals surface area contributed by atoms with E-state index in [-0.39, 0.29) is 17.4 Å². The van der Waals surface area contributed by atoms with Gasteiger partial charge in [-0.3, -0.25) is 4.90 Å². The molecule has 7 heteroatoms. The predicted octanol–water partition coefficient (Wildman–Crippen LogP) is 2.89. The molecular formula is C15H19F3N4. The molecule has 0 amide bonds. The van der Waals surface area contributed by atoms with Crippen molar-refractivity contribution in [1.82, 2.24) is 9.88 Å². The Balaban J connectivity index is 2.24. The fourth-order valence-electron chi connectivity index (χ4n) is 2.91. The lowest BCUT2D eigenvalue weighted by molar-refractivity contribution is -0.141. The minimum Gasteiger partial charge on any atom is -0.357 e. The van der Waals surface area contributed by atoms with Gasteiger partial charge in [0.05, 0.1) is 5.56 Å². The topological polar surface area (TPSA) is 43.2 Å². The van der Waals surface area contributed by atoms with Gasteiger partial charge in [-0.2, -0.15) is 18.4 Å². The minimum absolute atomic E-state index is 0.0975. The number of rotatable bonds is 4. The molecule has 0 N–H and O–H groups in total. The first-order valence-electron chi connectivity index (χ1n) is 7.30. The SMILES string of the molecule is CCN1CCCC1CN(C)c1nc(C(F)(F)F)ccc1C#N. The molecule has 120 valence electrons. The molecule has 1 aliphatic heterocycles. The first-order valence-corrected chi connectivity index (χ1v) is 7.30. The third kappa shape index (κ3) is 3.50. The van der Waals surface area contributed by atoms with Gasteiger partial charge < -0.3 is 4.90 Å².